The molecule has 0 aromatic carbocycles. The van der Waals surface area contributed by atoms with Crippen LogP contribution in [0.1, 0.15) is 13.3 Å². The molecule has 2 N–H and O–H groups in total. The van der Waals surface area contributed by atoms with Crippen molar-refractivity contribution in [3.05, 3.63) is 0 Å². The summed E-state index contributed by atoms with van der Waals surface area (Å²) in [6.07, 6.45) is 1.03. The molecule has 3 unspecified atom stereocenters. The minimum absolute atomic E-state index is 0.351. The van der Waals surface area contributed by atoms with Crippen LogP contribution in [-0.4, -0.2) is 54.8 Å². The normalized spacial score (nSPS) is 39.2. The van der Waals surface area contributed by atoms with Gasteiger partial charge in [-0.3, -0.25) is 0 Å². The van der Waals surface area contributed by atoms with Crippen molar-refractivity contribution >= 4 is 11.8 Å². The number of thioether (sulfide) groups is 1. The Kier molecular flexibility index (Phi) is 4.31. The van der Waals surface area contributed by atoms with E-state index in [9.17, 15) is 0 Å². The summed E-state index contributed by atoms with van der Waals surface area (Å²) in [4.78, 5) is 2.56. The zero-order valence-electron chi connectivity index (χ0n) is 9.52. The van der Waals surface area contributed by atoms with Gasteiger partial charge in [-0.2, -0.15) is 11.8 Å². The lowest BCUT2D eigenvalue weighted by atomic mass is 9.96. The van der Waals surface area contributed by atoms with Gasteiger partial charge in [0.25, 0.3) is 0 Å². The zero-order chi connectivity index (χ0) is 10.7. The van der Waals surface area contributed by atoms with Crippen molar-refractivity contribution in [2.24, 2.45) is 11.7 Å². The molecule has 3 atom stereocenters. The molecule has 2 rings (SSSR count). The van der Waals surface area contributed by atoms with Gasteiger partial charge in [0.1, 0.15) is 0 Å². The molecule has 0 aliphatic carbocycles. The van der Waals surface area contributed by atoms with E-state index >= 15 is 0 Å². The summed E-state index contributed by atoms with van der Waals surface area (Å²) in [5.74, 6) is 1.82. The molecule has 0 saturated carbocycles. The molecule has 0 aromatic heterocycles. The van der Waals surface area contributed by atoms with Crippen molar-refractivity contribution in [3.8, 4) is 0 Å². The van der Waals surface area contributed by atoms with E-state index in [1.165, 1.54) is 18.8 Å². The zero-order valence-corrected chi connectivity index (χ0v) is 10.3. The van der Waals surface area contributed by atoms with Crippen LogP contribution >= 0.6 is 11.8 Å². The Balaban J connectivity index is 1.79. The van der Waals surface area contributed by atoms with Crippen LogP contribution in [0.25, 0.3) is 0 Å². The Bertz CT molecular complexity index is 203. The Morgan fingerprint density at radius 1 is 1.53 bits per heavy atom. The molecule has 2 aliphatic rings. The average molecular weight is 230 g/mol. The summed E-state index contributed by atoms with van der Waals surface area (Å²) < 4.78 is 5.51. The summed E-state index contributed by atoms with van der Waals surface area (Å²) >= 11 is 2.08. The van der Waals surface area contributed by atoms with Gasteiger partial charge in [-0.25, -0.2) is 0 Å². The second-order valence-corrected chi connectivity index (χ2v) is 6.27. The molecule has 0 spiro atoms. The minimum atomic E-state index is 0.351. The standard InChI is InChI=1S/C11H22N2OS/c1-9-6-13(3-5-15-9)7-10-8-14-4-2-11(10)12/h9-11H,2-8,12H2,1H3. The third kappa shape index (κ3) is 3.34. The third-order valence-corrected chi connectivity index (χ3v) is 4.49. The summed E-state index contributed by atoms with van der Waals surface area (Å²) in [5, 5.41) is 0.777. The third-order valence-electron chi connectivity index (χ3n) is 3.35. The van der Waals surface area contributed by atoms with Crippen LogP contribution in [0.2, 0.25) is 0 Å². The van der Waals surface area contributed by atoms with Gasteiger partial charge in [-0.05, 0) is 6.42 Å². The number of rotatable bonds is 2. The highest BCUT2D eigenvalue weighted by atomic mass is 32.2. The molecule has 2 fully saturated rings. The number of ether oxygens (including phenoxy) is 1. The van der Waals surface area contributed by atoms with E-state index in [1.807, 2.05) is 0 Å². The molecule has 0 bridgehead atoms. The van der Waals surface area contributed by atoms with Crippen molar-refractivity contribution in [3.63, 3.8) is 0 Å². The maximum Gasteiger partial charge on any atom is 0.0521 e. The quantitative estimate of drug-likeness (QED) is 0.761. The SMILES string of the molecule is CC1CN(CC2COCCC2N)CCS1. The monoisotopic (exact) mass is 230 g/mol. The maximum absolute atomic E-state index is 6.12. The second-order valence-electron chi connectivity index (χ2n) is 4.73. The van der Waals surface area contributed by atoms with Crippen molar-refractivity contribution in [1.29, 1.82) is 0 Å². The Morgan fingerprint density at radius 3 is 3.13 bits per heavy atom. The van der Waals surface area contributed by atoms with E-state index in [4.69, 9.17) is 10.5 Å². The lowest BCUT2D eigenvalue weighted by Gasteiger charge is -2.36. The summed E-state index contributed by atoms with van der Waals surface area (Å²) in [5.41, 5.74) is 6.12. The van der Waals surface area contributed by atoms with E-state index in [-0.39, 0.29) is 0 Å². The predicted octanol–water partition coefficient (Wildman–Crippen LogP) is 0.788. The second kappa shape index (κ2) is 5.53. The smallest absolute Gasteiger partial charge is 0.0521 e. The number of nitrogens with two attached hydrogens (primary N) is 1. The fourth-order valence-corrected chi connectivity index (χ4v) is 3.47. The molecule has 0 amide bonds. The Labute approximate surface area is 96.7 Å². The van der Waals surface area contributed by atoms with Gasteiger partial charge < -0.3 is 15.4 Å². The molecular weight excluding hydrogens is 208 g/mol. The van der Waals surface area contributed by atoms with Gasteiger partial charge >= 0.3 is 0 Å². The van der Waals surface area contributed by atoms with E-state index in [2.05, 4.69) is 23.6 Å². The van der Waals surface area contributed by atoms with Crippen LogP contribution in [0, 0.1) is 5.92 Å². The molecule has 0 aromatic rings. The highest BCUT2D eigenvalue weighted by Crippen LogP contribution is 2.21. The molecule has 15 heavy (non-hydrogen) atoms. The van der Waals surface area contributed by atoms with Crippen LogP contribution < -0.4 is 5.73 Å². The first-order valence-corrected chi connectivity index (χ1v) is 6.98. The van der Waals surface area contributed by atoms with E-state index in [0.29, 0.717) is 12.0 Å². The highest BCUT2D eigenvalue weighted by molar-refractivity contribution is 7.99. The molecule has 88 valence electrons. The number of hydrogen-bond acceptors (Lipinski definition) is 4. The molecule has 3 nitrogen and oxygen atoms in total. The first-order chi connectivity index (χ1) is 7.25. The molecule has 2 heterocycles. The first-order valence-electron chi connectivity index (χ1n) is 5.93. The van der Waals surface area contributed by atoms with Crippen molar-refractivity contribution in [2.75, 3.05) is 38.6 Å². The topological polar surface area (TPSA) is 38.5 Å². The van der Waals surface area contributed by atoms with Gasteiger partial charge in [0.2, 0.25) is 0 Å². The predicted molar refractivity (Wildman–Crippen MR) is 65.3 cm³/mol. The van der Waals surface area contributed by atoms with Crippen molar-refractivity contribution in [1.82, 2.24) is 4.90 Å². The molecular formula is C11H22N2OS. The van der Waals surface area contributed by atoms with Crippen molar-refractivity contribution in [2.45, 2.75) is 24.6 Å². The van der Waals surface area contributed by atoms with Crippen LogP contribution in [0.3, 0.4) is 0 Å². The van der Waals surface area contributed by atoms with E-state index < -0.39 is 0 Å². The first kappa shape index (κ1) is 11.7. The van der Waals surface area contributed by atoms with Crippen LogP contribution in [0.15, 0.2) is 0 Å². The fraction of sp³-hybridized carbons (Fsp3) is 1.00. The molecule has 2 saturated heterocycles. The lowest BCUT2D eigenvalue weighted by Crippen LogP contribution is -2.48. The Morgan fingerprint density at radius 2 is 2.40 bits per heavy atom. The van der Waals surface area contributed by atoms with E-state index in [0.717, 1.165) is 31.4 Å². The van der Waals surface area contributed by atoms with Gasteiger partial charge in [0.05, 0.1) is 6.61 Å². The number of nitrogens with zero attached hydrogens (tertiary/aromatic N) is 1. The van der Waals surface area contributed by atoms with Gasteiger partial charge in [-0.1, -0.05) is 6.92 Å². The average Bonchev–Trinajstić information content (AvgIpc) is 2.22. The van der Waals surface area contributed by atoms with Gasteiger partial charge in [-0.15, -0.1) is 0 Å². The number of hydrogen-bond donors (Lipinski definition) is 1. The van der Waals surface area contributed by atoms with Gasteiger partial charge in [0, 0.05) is 49.2 Å². The molecule has 0 radical (unpaired) electrons. The molecule has 4 heteroatoms. The van der Waals surface area contributed by atoms with Crippen molar-refractivity contribution < 1.29 is 4.74 Å². The highest BCUT2D eigenvalue weighted by Gasteiger charge is 2.26. The summed E-state index contributed by atoms with van der Waals surface area (Å²) in [7, 11) is 0. The van der Waals surface area contributed by atoms with Gasteiger partial charge in [0.15, 0.2) is 0 Å². The molecule has 2 aliphatic heterocycles. The van der Waals surface area contributed by atoms with Crippen LogP contribution in [-0.2, 0) is 4.74 Å². The van der Waals surface area contributed by atoms with Crippen LogP contribution in [0.4, 0.5) is 0 Å². The maximum atomic E-state index is 6.12. The summed E-state index contributed by atoms with van der Waals surface area (Å²) in [6.45, 7) is 7.59. The summed E-state index contributed by atoms with van der Waals surface area (Å²) in [6, 6.07) is 0.351. The largest absolute Gasteiger partial charge is 0.381 e. The Hall–Kier alpha value is 0.230. The fourth-order valence-electron chi connectivity index (χ4n) is 2.39. The van der Waals surface area contributed by atoms with E-state index in [1.54, 1.807) is 0 Å². The lowest BCUT2D eigenvalue weighted by molar-refractivity contribution is 0.0267. The van der Waals surface area contributed by atoms with Crippen LogP contribution in [0.5, 0.6) is 0 Å². The minimum Gasteiger partial charge on any atom is -0.381 e.